The van der Waals surface area contributed by atoms with Crippen molar-refractivity contribution in [3.05, 3.63) is 23.8 Å². The maximum absolute atomic E-state index is 11.7. The molecule has 0 radical (unpaired) electrons. The van der Waals surface area contributed by atoms with Crippen LogP contribution in [0.1, 0.15) is 39.2 Å². The molecule has 1 aromatic rings. The zero-order chi connectivity index (χ0) is 16.9. The molecule has 6 nitrogen and oxygen atoms in total. The van der Waals surface area contributed by atoms with Crippen LogP contribution < -0.4 is 15.8 Å². The first-order valence-corrected chi connectivity index (χ1v) is 7.93. The van der Waals surface area contributed by atoms with Gasteiger partial charge in [0.25, 0.3) is 0 Å². The summed E-state index contributed by atoms with van der Waals surface area (Å²) in [5, 5.41) is 2.71. The molecular formula is C17H26N2O4. The fourth-order valence-corrected chi connectivity index (χ4v) is 2.28. The Labute approximate surface area is 137 Å². The van der Waals surface area contributed by atoms with Crippen molar-refractivity contribution < 1.29 is 19.0 Å². The number of hydrogen-bond acceptors (Lipinski definition) is 5. The van der Waals surface area contributed by atoms with Crippen LogP contribution in [0.3, 0.4) is 0 Å². The number of nitrogens with one attached hydrogen (secondary N) is 1. The minimum atomic E-state index is -0.524. The lowest BCUT2D eigenvalue weighted by molar-refractivity contribution is 0.0255. The van der Waals surface area contributed by atoms with Crippen molar-refractivity contribution in [2.75, 3.05) is 18.9 Å². The number of nitrogens with two attached hydrogens (primary N) is 1. The first kappa shape index (κ1) is 17.4. The van der Waals surface area contributed by atoms with Crippen molar-refractivity contribution in [2.24, 2.45) is 0 Å². The molecule has 128 valence electrons. The van der Waals surface area contributed by atoms with Crippen molar-refractivity contribution in [1.29, 1.82) is 0 Å². The molecule has 1 aliphatic rings. The second-order valence-electron chi connectivity index (χ2n) is 6.65. The Kier molecular flexibility index (Phi) is 5.71. The van der Waals surface area contributed by atoms with E-state index in [2.05, 4.69) is 5.32 Å². The third-order valence-corrected chi connectivity index (χ3v) is 3.41. The Morgan fingerprint density at radius 3 is 2.70 bits per heavy atom. The number of carbonyl (C=O) groups is 1. The third kappa shape index (κ3) is 5.98. The van der Waals surface area contributed by atoms with Crippen LogP contribution in [0, 0.1) is 0 Å². The molecule has 0 aromatic heterocycles. The molecule has 1 fully saturated rings. The van der Waals surface area contributed by atoms with E-state index in [4.69, 9.17) is 19.9 Å². The van der Waals surface area contributed by atoms with E-state index in [0.717, 1.165) is 37.4 Å². The molecule has 1 heterocycles. The minimum Gasteiger partial charge on any atom is -0.490 e. The summed E-state index contributed by atoms with van der Waals surface area (Å²) < 4.78 is 16.5. The maximum Gasteiger partial charge on any atom is 0.407 e. The van der Waals surface area contributed by atoms with Crippen LogP contribution in [0.25, 0.3) is 0 Å². The van der Waals surface area contributed by atoms with Crippen LogP contribution in [0.5, 0.6) is 5.75 Å². The fourth-order valence-electron chi connectivity index (χ4n) is 2.28. The van der Waals surface area contributed by atoms with Gasteiger partial charge >= 0.3 is 6.09 Å². The van der Waals surface area contributed by atoms with Gasteiger partial charge in [0.2, 0.25) is 0 Å². The van der Waals surface area contributed by atoms with E-state index >= 15 is 0 Å². The molecule has 0 spiro atoms. The highest BCUT2D eigenvalue weighted by Crippen LogP contribution is 2.23. The van der Waals surface area contributed by atoms with Crippen LogP contribution in [0.4, 0.5) is 10.5 Å². The van der Waals surface area contributed by atoms with Crippen LogP contribution in [0.15, 0.2) is 18.2 Å². The van der Waals surface area contributed by atoms with E-state index in [-0.39, 0.29) is 6.10 Å². The molecule has 0 unspecified atom stereocenters. The topological polar surface area (TPSA) is 82.8 Å². The van der Waals surface area contributed by atoms with Gasteiger partial charge < -0.3 is 25.3 Å². The lowest BCUT2D eigenvalue weighted by Gasteiger charge is -2.24. The molecule has 0 aliphatic carbocycles. The smallest absolute Gasteiger partial charge is 0.407 e. The summed E-state index contributed by atoms with van der Waals surface area (Å²) in [7, 11) is 0. The van der Waals surface area contributed by atoms with Crippen molar-refractivity contribution in [3.63, 3.8) is 0 Å². The van der Waals surface area contributed by atoms with Crippen molar-refractivity contribution in [2.45, 2.75) is 51.9 Å². The zero-order valence-corrected chi connectivity index (χ0v) is 14.1. The predicted octanol–water partition coefficient (Wildman–Crippen LogP) is 2.85. The standard InChI is InChI=1S/C17H26N2O4/c1-17(2,3)23-16(20)19-11-12-10-14(4-5-15(12)18)22-13-6-8-21-9-7-13/h4-5,10,13H,6-9,11,18H2,1-3H3,(H,19,20). The molecule has 3 N–H and O–H groups in total. The van der Waals surface area contributed by atoms with Crippen molar-refractivity contribution in [1.82, 2.24) is 5.32 Å². The van der Waals surface area contributed by atoms with Gasteiger partial charge in [0.15, 0.2) is 0 Å². The lowest BCUT2D eigenvalue weighted by atomic mass is 10.1. The predicted molar refractivity (Wildman–Crippen MR) is 88.4 cm³/mol. The molecule has 1 aliphatic heterocycles. The second-order valence-corrected chi connectivity index (χ2v) is 6.65. The van der Waals surface area contributed by atoms with E-state index in [0.29, 0.717) is 12.2 Å². The summed E-state index contributed by atoms with van der Waals surface area (Å²) in [6.07, 6.45) is 1.47. The van der Waals surface area contributed by atoms with E-state index in [1.54, 1.807) is 6.07 Å². The van der Waals surface area contributed by atoms with Gasteiger partial charge in [0.05, 0.1) is 13.2 Å². The summed E-state index contributed by atoms with van der Waals surface area (Å²) in [6.45, 7) is 7.22. The molecule has 0 bridgehead atoms. The van der Waals surface area contributed by atoms with E-state index in [1.807, 2.05) is 32.9 Å². The highest BCUT2D eigenvalue weighted by atomic mass is 16.6. The summed E-state index contributed by atoms with van der Waals surface area (Å²) in [5.41, 5.74) is 6.86. The highest BCUT2D eigenvalue weighted by molar-refractivity contribution is 5.68. The van der Waals surface area contributed by atoms with Gasteiger partial charge in [-0.3, -0.25) is 0 Å². The Balaban J connectivity index is 1.93. The molecule has 23 heavy (non-hydrogen) atoms. The van der Waals surface area contributed by atoms with Gasteiger partial charge in [-0.1, -0.05) is 0 Å². The first-order chi connectivity index (χ1) is 10.8. The molecule has 0 saturated carbocycles. The number of ether oxygens (including phenoxy) is 3. The number of nitrogen functional groups attached to an aromatic ring is 1. The van der Waals surface area contributed by atoms with Gasteiger partial charge in [-0.15, -0.1) is 0 Å². The van der Waals surface area contributed by atoms with Gasteiger partial charge in [-0.2, -0.15) is 0 Å². The summed E-state index contributed by atoms with van der Waals surface area (Å²) in [4.78, 5) is 11.7. The maximum atomic E-state index is 11.7. The third-order valence-electron chi connectivity index (χ3n) is 3.41. The van der Waals surface area contributed by atoms with E-state index in [9.17, 15) is 4.79 Å². The second kappa shape index (κ2) is 7.55. The van der Waals surface area contributed by atoms with Crippen LogP contribution in [-0.2, 0) is 16.0 Å². The van der Waals surface area contributed by atoms with Crippen molar-refractivity contribution in [3.8, 4) is 5.75 Å². The number of carbonyl (C=O) groups excluding carboxylic acids is 1. The molecule has 6 heteroatoms. The van der Waals surface area contributed by atoms with Crippen LogP contribution >= 0.6 is 0 Å². The molecule has 0 atom stereocenters. The number of amides is 1. The Hall–Kier alpha value is -1.95. The average molecular weight is 322 g/mol. The normalized spacial score (nSPS) is 16.0. The van der Waals surface area contributed by atoms with Crippen LogP contribution in [0.2, 0.25) is 0 Å². The molecule has 1 aromatic carbocycles. The zero-order valence-electron chi connectivity index (χ0n) is 14.1. The Bertz CT molecular complexity index is 534. The monoisotopic (exact) mass is 322 g/mol. The number of benzene rings is 1. The molecule has 2 rings (SSSR count). The largest absolute Gasteiger partial charge is 0.490 e. The summed E-state index contributed by atoms with van der Waals surface area (Å²) in [6, 6.07) is 5.50. The molecule has 1 amide bonds. The fraction of sp³-hybridized carbons (Fsp3) is 0.588. The van der Waals surface area contributed by atoms with E-state index in [1.165, 1.54) is 0 Å². The molecular weight excluding hydrogens is 296 g/mol. The minimum absolute atomic E-state index is 0.166. The Morgan fingerprint density at radius 1 is 1.35 bits per heavy atom. The summed E-state index contributed by atoms with van der Waals surface area (Å²) >= 11 is 0. The SMILES string of the molecule is CC(C)(C)OC(=O)NCc1cc(OC2CCOCC2)ccc1N. The van der Waals surface area contributed by atoms with Crippen molar-refractivity contribution >= 4 is 11.8 Å². The summed E-state index contributed by atoms with van der Waals surface area (Å²) in [5.74, 6) is 0.757. The highest BCUT2D eigenvalue weighted by Gasteiger charge is 2.17. The van der Waals surface area contributed by atoms with Gasteiger partial charge in [-0.25, -0.2) is 4.79 Å². The number of rotatable bonds is 4. The Morgan fingerprint density at radius 2 is 2.04 bits per heavy atom. The number of alkyl carbamates (subject to hydrolysis) is 1. The first-order valence-electron chi connectivity index (χ1n) is 7.93. The van der Waals surface area contributed by atoms with E-state index < -0.39 is 11.7 Å². The molecule has 1 saturated heterocycles. The van der Waals surface area contributed by atoms with Gasteiger partial charge in [-0.05, 0) is 44.5 Å². The lowest BCUT2D eigenvalue weighted by Crippen LogP contribution is -2.32. The van der Waals surface area contributed by atoms with Gasteiger partial charge in [0, 0.05) is 25.1 Å². The number of hydrogen-bond donors (Lipinski definition) is 2. The quantitative estimate of drug-likeness (QED) is 0.833. The van der Waals surface area contributed by atoms with Crippen LogP contribution in [-0.4, -0.2) is 31.0 Å². The average Bonchev–Trinajstić information content (AvgIpc) is 2.47. The van der Waals surface area contributed by atoms with Gasteiger partial charge in [0.1, 0.15) is 17.5 Å². The number of anilines is 1.